The van der Waals surface area contributed by atoms with Gasteiger partial charge >= 0.3 is 17.9 Å². The molecule has 0 amide bonds. The van der Waals surface area contributed by atoms with Gasteiger partial charge in [0.1, 0.15) is 13.2 Å². The van der Waals surface area contributed by atoms with Crippen LogP contribution in [0.25, 0.3) is 0 Å². The molecule has 6 nitrogen and oxygen atoms in total. The molecule has 0 aromatic carbocycles. The predicted octanol–water partition coefficient (Wildman–Crippen LogP) is 17.6. The van der Waals surface area contributed by atoms with Crippen LogP contribution in [0, 0.1) is 0 Å². The maximum Gasteiger partial charge on any atom is 0.306 e. The summed E-state index contributed by atoms with van der Waals surface area (Å²) < 4.78 is 16.8. The third-order valence-corrected chi connectivity index (χ3v) is 11.5. The van der Waals surface area contributed by atoms with E-state index in [9.17, 15) is 14.4 Å². The maximum atomic E-state index is 12.8. The summed E-state index contributed by atoms with van der Waals surface area (Å²) in [5, 5.41) is 0. The van der Waals surface area contributed by atoms with E-state index < -0.39 is 6.10 Å². The number of hydrogen-bond acceptors (Lipinski definition) is 6. The predicted molar refractivity (Wildman–Crippen MR) is 270 cm³/mol. The van der Waals surface area contributed by atoms with Gasteiger partial charge in [-0.1, -0.05) is 223 Å². The van der Waals surface area contributed by atoms with Crippen LogP contribution in [0.15, 0.2) is 60.8 Å². The van der Waals surface area contributed by atoms with Crippen LogP contribution in [0.5, 0.6) is 0 Å². The summed E-state index contributed by atoms with van der Waals surface area (Å²) in [4.78, 5) is 38.0. The summed E-state index contributed by atoms with van der Waals surface area (Å²) in [5.41, 5.74) is 0. The SMILES string of the molecule is CC/C=C\C/C=C\C/C=C\C/C=C\CCCCCCC(=O)OC[C@H](COC(=O)CCCCCCCCCCCCCCCCC)OC(=O)CCCCCCC/C=C\CCCCCC. The monoisotopic (exact) mass is 881 g/mol. The first-order valence-electron chi connectivity index (χ1n) is 26.8. The third-order valence-electron chi connectivity index (χ3n) is 11.5. The summed E-state index contributed by atoms with van der Waals surface area (Å²) >= 11 is 0. The van der Waals surface area contributed by atoms with Gasteiger partial charge in [-0.3, -0.25) is 14.4 Å². The standard InChI is InChI=1S/C57H100O6/c1-4-7-10-13-16-19-22-25-27-28-30-33-35-38-41-44-47-50-56(59)62-53-54(63-57(60)51-48-45-42-39-36-31-24-21-18-15-12-9-6-3)52-61-55(58)49-46-43-40-37-34-32-29-26-23-20-17-14-11-8-5-2/h7,10,16,19,21,24-25,27,30,33,54H,4-6,8-9,11-15,17-18,20,22-23,26,28-29,31-32,34-53H2,1-3H3/b10-7-,19-16-,24-21-,27-25-,33-30-/t54-/m0/s1. The molecule has 0 unspecified atom stereocenters. The molecule has 0 saturated heterocycles. The van der Waals surface area contributed by atoms with Crippen molar-refractivity contribution in [2.75, 3.05) is 13.2 Å². The molecule has 0 saturated carbocycles. The lowest BCUT2D eigenvalue weighted by atomic mass is 10.0. The summed E-state index contributed by atoms with van der Waals surface area (Å²) in [6.07, 6.45) is 63.4. The summed E-state index contributed by atoms with van der Waals surface area (Å²) in [7, 11) is 0. The van der Waals surface area contributed by atoms with Crippen LogP contribution in [-0.4, -0.2) is 37.2 Å². The van der Waals surface area contributed by atoms with Crippen LogP contribution >= 0.6 is 0 Å². The second-order valence-corrected chi connectivity index (χ2v) is 17.8. The first-order chi connectivity index (χ1) is 31.0. The van der Waals surface area contributed by atoms with Crippen LogP contribution in [0.1, 0.15) is 265 Å². The minimum atomic E-state index is -0.786. The maximum absolute atomic E-state index is 12.8. The molecule has 0 heterocycles. The zero-order valence-corrected chi connectivity index (χ0v) is 41.6. The highest BCUT2D eigenvalue weighted by molar-refractivity contribution is 5.71. The first kappa shape index (κ1) is 60.1. The molecule has 63 heavy (non-hydrogen) atoms. The summed E-state index contributed by atoms with van der Waals surface area (Å²) in [6, 6.07) is 0. The minimum Gasteiger partial charge on any atom is -0.462 e. The molecule has 0 spiro atoms. The first-order valence-corrected chi connectivity index (χ1v) is 26.8. The molecule has 0 aliphatic carbocycles. The van der Waals surface area contributed by atoms with Gasteiger partial charge in [-0.15, -0.1) is 0 Å². The van der Waals surface area contributed by atoms with Gasteiger partial charge in [-0.25, -0.2) is 0 Å². The van der Waals surface area contributed by atoms with Gasteiger partial charge in [0.2, 0.25) is 0 Å². The Morgan fingerprint density at radius 1 is 0.333 bits per heavy atom. The fourth-order valence-corrected chi connectivity index (χ4v) is 7.49. The Morgan fingerprint density at radius 2 is 0.619 bits per heavy atom. The van der Waals surface area contributed by atoms with Crippen molar-refractivity contribution in [2.24, 2.45) is 0 Å². The zero-order chi connectivity index (χ0) is 45.8. The molecule has 0 aromatic rings. The van der Waals surface area contributed by atoms with Crippen molar-refractivity contribution in [1.29, 1.82) is 0 Å². The van der Waals surface area contributed by atoms with Gasteiger partial charge in [-0.05, 0) is 83.5 Å². The van der Waals surface area contributed by atoms with Crippen molar-refractivity contribution in [1.82, 2.24) is 0 Å². The number of ether oxygens (including phenoxy) is 3. The molecule has 6 heteroatoms. The number of unbranched alkanes of at least 4 members (excludes halogenated alkanes) is 27. The van der Waals surface area contributed by atoms with Crippen LogP contribution in [0.4, 0.5) is 0 Å². The molecule has 0 aliphatic rings. The quantitative estimate of drug-likeness (QED) is 0.0262. The van der Waals surface area contributed by atoms with Crippen LogP contribution < -0.4 is 0 Å². The normalized spacial score (nSPS) is 12.5. The van der Waals surface area contributed by atoms with E-state index in [2.05, 4.69) is 81.5 Å². The molecule has 1 atom stereocenters. The molecule has 0 bridgehead atoms. The number of carbonyl (C=O) groups excluding carboxylic acids is 3. The van der Waals surface area contributed by atoms with Crippen molar-refractivity contribution in [3.63, 3.8) is 0 Å². The molecular weight excluding hydrogens is 781 g/mol. The molecule has 0 aromatic heterocycles. The minimum absolute atomic E-state index is 0.0833. The Morgan fingerprint density at radius 3 is 1.00 bits per heavy atom. The van der Waals surface area contributed by atoms with E-state index in [1.54, 1.807) is 0 Å². The largest absolute Gasteiger partial charge is 0.462 e. The summed E-state index contributed by atoms with van der Waals surface area (Å²) in [5.74, 6) is -0.909. The van der Waals surface area contributed by atoms with E-state index in [0.717, 1.165) is 109 Å². The molecule has 0 aliphatic heterocycles. The third kappa shape index (κ3) is 50.0. The van der Waals surface area contributed by atoms with E-state index in [0.29, 0.717) is 19.3 Å². The molecule has 0 fully saturated rings. The smallest absolute Gasteiger partial charge is 0.306 e. The Balaban J connectivity index is 4.41. The lowest BCUT2D eigenvalue weighted by Gasteiger charge is -2.18. The average Bonchev–Trinajstić information content (AvgIpc) is 3.28. The lowest BCUT2D eigenvalue weighted by Crippen LogP contribution is -2.30. The van der Waals surface area contributed by atoms with Crippen molar-refractivity contribution < 1.29 is 28.6 Å². The van der Waals surface area contributed by atoms with Gasteiger partial charge in [-0.2, -0.15) is 0 Å². The average molecular weight is 881 g/mol. The van der Waals surface area contributed by atoms with Crippen molar-refractivity contribution in [3.05, 3.63) is 60.8 Å². The van der Waals surface area contributed by atoms with Crippen molar-refractivity contribution >= 4 is 17.9 Å². The van der Waals surface area contributed by atoms with Gasteiger partial charge in [0.15, 0.2) is 6.10 Å². The highest BCUT2D eigenvalue weighted by Gasteiger charge is 2.19. The highest BCUT2D eigenvalue weighted by Crippen LogP contribution is 2.15. The summed E-state index contributed by atoms with van der Waals surface area (Å²) in [6.45, 7) is 6.50. The van der Waals surface area contributed by atoms with E-state index in [1.807, 2.05) is 0 Å². The molecule has 0 radical (unpaired) electrons. The highest BCUT2D eigenvalue weighted by atomic mass is 16.6. The molecular formula is C57H100O6. The van der Waals surface area contributed by atoms with Gasteiger partial charge < -0.3 is 14.2 Å². The van der Waals surface area contributed by atoms with Gasteiger partial charge in [0, 0.05) is 19.3 Å². The van der Waals surface area contributed by atoms with Crippen molar-refractivity contribution in [3.8, 4) is 0 Å². The van der Waals surface area contributed by atoms with E-state index in [4.69, 9.17) is 14.2 Å². The molecule has 0 rings (SSSR count). The second-order valence-electron chi connectivity index (χ2n) is 17.8. The lowest BCUT2D eigenvalue weighted by molar-refractivity contribution is -0.167. The Bertz CT molecular complexity index is 1150. The Labute approximate surface area is 390 Å². The Hall–Kier alpha value is -2.89. The number of allylic oxidation sites excluding steroid dienone is 10. The van der Waals surface area contributed by atoms with Crippen LogP contribution in [-0.2, 0) is 28.6 Å². The molecule has 364 valence electrons. The van der Waals surface area contributed by atoms with E-state index in [1.165, 1.54) is 116 Å². The van der Waals surface area contributed by atoms with Gasteiger partial charge in [0.25, 0.3) is 0 Å². The molecule has 0 N–H and O–H groups in total. The van der Waals surface area contributed by atoms with E-state index >= 15 is 0 Å². The topological polar surface area (TPSA) is 78.9 Å². The number of rotatable bonds is 48. The zero-order valence-electron chi connectivity index (χ0n) is 41.6. The fourth-order valence-electron chi connectivity index (χ4n) is 7.49. The van der Waals surface area contributed by atoms with Crippen molar-refractivity contribution in [2.45, 2.75) is 271 Å². The van der Waals surface area contributed by atoms with Crippen LogP contribution in [0.3, 0.4) is 0 Å². The Kier molecular flexibility index (Phi) is 49.4. The number of carbonyl (C=O) groups is 3. The van der Waals surface area contributed by atoms with E-state index in [-0.39, 0.29) is 31.1 Å². The number of esters is 3. The van der Waals surface area contributed by atoms with Gasteiger partial charge in [0.05, 0.1) is 0 Å². The second kappa shape index (κ2) is 51.7. The fraction of sp³-hybridized carbons (Fsp3) is 0.772. The van der Waals surface area contributed by atoms with Crippen LogP contribution in [0.2, 0.25) is 0 Å². The number of hydrogen-bond donors (Lipinski definition) is 0.